The predicted octanol–water partition coefficient (Wildman–Crippen LogP) is 2.64. The van der Waals surface area contributed by atoms with Gasteiger partial charge >= 0.3 is 0 Å². The summed E-state index contributed by atoms with van der Waals surface area (Å²) in [4.78, 5) is 5.68. The summed E-state index contributed by atoms with van der Waals surface area (Å²) in [5.74, 6) is 0. The molecular weight excluding hydrogens is 232 g/mol. The van der Waals surface area contributed by atoms with Crippen LogP contribution in [0.15, 0.2) is 42.0 Å². The topological polar surface area (TPSA) is 38.0 Å². The first-order chi connectivity index (χ1) is 8.38. The molecule has 0 aromatic carbocycles. The maximum atomic E-state index is 9.34. The lowest BCUT2D eigenvalue weighted by Crippen LogP contribution is -1.96. The first-order valence-corrected chi connectivity index (χ1v) is 6.32. The first-order valence-electron chi connectivity index (χ1n) is 5.44. The minimum Gasteiger partial charge on any atom is -0.392 e. The SMILES string of the molecule is OCc1cn(Cc2cccs2)c2ncccc12. The summed E-state index contributed by atoms with van der Waals surface area (Å²) in [5, 5.41) is 12.4. The van der Waals surface area contributed by atoms with Crippen molar-refractivity contribution in [3.8, 4) is 0 Å². The lowest BCUT2D eigenvalue weighted by molar-refractivity contribution is 0.283. The molecule has 1 N–H and O–H groups in total. The zero-order valence-electron chi connectivity index (χ0n) is 9.21. The van der Waals surface area contributed by atoms with Crippen LogP contribution in [0.2, 0.25) is 0 Å². The monoisotopic (exact) mass is 244 g/mol. The molecule has 0 aliphatic heterocycles. The van der Waals surface area contributed by atoms with Crippen molar-refractivity contribution in [1.29, 1.82) is 0 Å². The third kappa shape index (κ3) is 1.85. The second-order valence-electron chi connectivity index (χ2n) is 3.89. The molecule has 3 heterocycles. The Kier molecular flexibility index (Phi) is 2.66. The van der Waals surface area contributed by atoms with Gasteiger partial charge in [0.25, 0.3) is 0 Å². The van der Waals surface area contributed by atoms with Crippen molar-refractivity contribution in [2.45, 2.75) is 13.2 Å². The molecule has 3 aromatic rings. The number of aliphatic hydroxyl groups is 1. The van der Waals surface area contributed by atoms with E-state index in [-0.39, 0.29) is 6.61 Å². The van der Waals surface area contributed by atoms with E-state index in [1.54, 1.807) is 17.5 Å². The van der Waals surface area contributed by atoms with E-state index in [2.05, 4.69) is 21.0 Å². The van der Waals surface area contributed by atoms with Crippen LogP contribution in [0.25, 0.3) is 11.0 Å². The highest BCUT2D eigenvalue weighted by Gasteiger charge is 2.08. The Morgan fingerprint density at radius 3 is 3.00 bits per heavy atom. The molecule has 17 heavy (non-hydrogen) atoms. The minimum atomic E-state index is 0.0552. The average Bonchev–Trinajstić information content (AvgIpc) is 2.98. The number of aromatic nitrogens is 2. The number of fused-ring (bicyclic) bond motifs is 1. The zero-order valence-corrected chi connectivity index (χ0v) is 10.0. The van der Waals surface area contributed by atoms with Gasteiger partial charge in [0.15, 0.2) is 0 Å². The van der Waals surface area contributed by atoms with Crippen LogP contribution in [-0.2, 0) is 13.2 Å². The second kappa shape index (κ2) is 4.31. The molecule has 3 aromatic heterocycles. The molecule has 4 heteroatoms. The van der Waals surface area contributed by atoms with Crippen molar-refractivity contribution in [2.75, 3.05) is 0 Å². The fourth-order valence-electron chi connectivity index (χ4n) is 2.01. The summed E-state index contributed by atoms with van der Waals surface area (Å²) in [5.41, 5.74) is 1.87. The fraction of sp³-hybridized carbons (Fsp3) is 0.154. The van der Waals surface area contributed by atoms with E-state index in [4.69, 9.17) is 0 Å². The zero-order chi connectivity index (χ0) is 11.7. The van der Waals surface area contributed by atoms with Gasteiger partial charge in [0.1, 0.15) is 5.65 Å². The van der Waals surface area contributed by atoms with Crippen molar-refractivity contribution in [3.05, 3.63) is 52.5 Å². The first kappa shape index (κ1) is 10.5. The smallest absolute Gasteiger partial charge is 0.140 e. The highest BCUT2D eigenvalue weighted by atomic mass is 32.1. The maximum Gasteiger partial charge on any atom is 0.140 e. The second-order valence-corrected chi connectivity index (χ2v) is 4.93. The van der Waals surface area contributed by atoms with Crippen LogP contribution in [0.4, 0.5) is 0 Å². The number of thiophene rings is 1. The van der Waals surface area contributed by atoms with Gasteiger partial charge < -0.3 is 9.67 Å². The van der Waals surface area contributed by atoms with E-state index in [0.717, 1.165) is 23.1 Å². The van der Waals surface area contributed by atoms with Crippen molar-refractivity contribution >= 4 is 22.4 Å². The van der Waals surface area contributed by atoms with Gasteiger partial charge in [-0.25, -0.2) is 4.98 Å². The fourth-order valence-corrected chi connectivity index (χ4v) is 2.71. The molecule has 0 saturated heterocycles. The molecule has 0 unspecified atom stereocenters. The quantitative estimate of drug-likeness (QED) is 0.769. The molecule has 0 bridgehead atoms. The number of rotatable bonds is 3. The van der Waals surface area contributed by atoms with Gasteiger partial charge in [0.05, 0.1) is 13.2 Å². The molecule has 3 rings (SSSR count). The highest BCUT2D eigenvalue weighted by molar-refractivity contribution is 7.09. The van der Waals surface area contributed by atoms with E-state index in [9.17, 15) is 5.11 Å². The van der Waals surface area contributed by atoms with E-state index < -0.39 is 0 Å². The average molecular weight is 244 g/mol. The number of hydrogen-bond donors (Lipinski definition) is 1. The van der Waals surface area contributed by atoms with E-state index in [1.807, 2.05) is 24.4 Å². The Balaban J connectivity index is 2.10. The van der Waals surface area contributed by atoms with Gasteiger partial charge in [0.2, 0.25) is 0 Å². The summed E-state index contributed by atoms with van der Waals surface area (Å²) in [6.07, 6.45) is 3.77. The van der Waals surface area contributed by atoms with E-state index >= 15 is 0 Å². The predicted molar refractivity (Wildman–Crippen MR) is 69.1 cm³/mol. The molecule has 3 nitrogen and oxygen atoms in total. The summed E-state index contributed by atoms with van der Waals surface area (Å²) >= 11 is 1.73. The molecular formula is C13H12N2OS. The van der Waals surface area contributed by atoms with Gasteiger partial charge in [-0.3, -0.25) is 0 Å². The molecule has 0 spiro atoms. The molecule has 0 aliphatic carbocycles. The van der Waals surface area contributed by atoms with Crippen molar-refractivity contribution in [3.63, 3.8) is 0 Å². The Bertz CT molecular complexity index is 628. The lowest BCUT2D eigenvalue weighted by atomic mass is 10.2. The lowest BCUT2D eigenvalue weighted by Gasteiger charge is -2.01. The molecule has 86 valence electrons. The van der Waals surface area contributed by atoms with Crippen LogP contribution in [-0.4, -0.2) is 14.7 Å². The van der Waals surface area contributed by atoms with Gasteiger partial charge in [-0.05, 0) is 23.6 Å². The summed E-state index contributed by atoms with van der Waals surface area (Å²) in [6.45, 7) is 0.866. The van der Waals surface area contributed by atoms with Gasteiger partial charge in [-0.15, -0.1) is 11.3 Å². The van der Waals surface area contributed by atoms with Gasteiger partial charge in [-0.1, -0.05) is 6.07 Å². The van der Waals surface area contributed by atoms with Crippen LogP contribution in [0.1, 0.15) is 10.4 Å². The van der Waals surface area contributed by atoms with E-state index in [0.29, 0.717) is 0 Å². The summed E-state index contributed by atoms with van der Waals surface area (Å²) in [6, 6.07) is 8.06. The normalized spacial score (nSPS) is 11.1. The van der Waals surface area contributed by atoms with Crippen LogP contribution in [0.5, 0.6) is 0 Å². The minimum absolute atomic E-state index is 0.0552. The largest absolute Gasteiger partial charge is 0.392 e. The van der Waals surface area contributed by atoms with Crippen molar-refractivity contribution in [1.82, 2.24) is 9.55 Å². The molecule has 0 fully saturated rings. The number of aliphatic hydroxyl groups excluding tert-OH is 1. The summed E-state index contributed by atoms with van der Waals surface area (Å²) < 4.78 is 2.09. The molecule has 0 aliphatic rings. The van der Waals surface area contributed by atoms with Crippen molar-refractivity contribution in [2.24, 2.45) is 0 Å². The van der Waals surface area contributed by atoms with Crippen LogP contribution >= 0.6 is 11.3 Å². The molecule has 0 atom stereocenters. The number of nitrogens with zero attached hydrogens (tertiary/aromatic N) is 2. The maximum absolute atomic E-state index is 9.34. The number of pyridine rings is 1. The Labute approximate surface area is 103 Å². The third-order valence-electron chi connectivity index (χ3n) is 2.79. The van der Waals surface area contributed by atoms with Crippen molar-refractivity contribution < 1.29 is 5.11 Å². The Morgan fingerprint density at radius 2 is 2.24 bits per heavy atom. The standard InChI is InChI=1S/C13H12N2OS/c16-9-10-7-15(8-11-3-2-6-17-11)13-12(10)4-1-5-14-13/h1-7,16H,8-9H2. The van der Waals surface area contributed by atoms with Gasteiger partial charge in [-0.2, -0.15) is 0 Å². The van der Waals surface area contributed by atoms with Gasteiger partial charge in [0, 0.05) is 28.2 Å². The molecule has 0 saturated carbocycles. The highest BCUT2D eigenvalue weighted by Crippen LogP contribution is 2.21. The van der Waals surface area contributed by atoms with Crippen LogP contribution in [0, 0.1) is 0 Å². The van der Waals surface area contributed by atoms with Crippen LogP contribution < -0.4 is 0 Å². The number of hydrogen-bond acceptors (Lipinski definition) is 3. The Hall–Kier alpha value is -1.65. The summed E-state index contributed by atoms with van der Waals surface area (Å²) in [7, 11) is 0. The van der Waals surface area contributed by atoms with Crippen LogP contribution in [0.3, 0.4) is 0 Å². The Morgan fingerprint density at radius 1 is 1.29 bits per heavy atom. The van der Waals surface area contributed by atoms with E-state index in [1.165, 1.54) is 4.88 Å². The third-order valence-corrected chi connectivity index (χ3v) is 3.65. The molecule has 0 amide bonds. The molecule has 0 radical (unpaired) electrons.